The average Bonchev–Trinajstić information content (AvgIpc) is 3.64. The number of imidazole rings is 1. The van der Waals surface area contributed by atoms with Crippen molar-refractivity contribution in [3.05, 3.63) is 59.4 Å². The number of aromatic nitrogens is 3. The minimum absolute atomic E-state index is 0.0274. The molecular formula is C26H23F3N6O3S. The molecule has 3 aromatic heterocycles. The average molecular weight is 557 g/mol. The number of carbonyl (C=O) groups is 2. The summed E-state index contributed by atoms with van der Waals surface area (Å²) in [6.07, 6.45) is 3.65. The summed E-state index contributed by atoms with van der Waals surface area (Å²) in [5, 5.41) is 2.83. The number of dihydropyridines is 1. The van der Waals surface area contributed by atoms with Crippen LogP contribution in [0.15, 0.2) is 58.1 Å². The largest absolute Gasteiger partial charge is 0.471 e. The number of anilines is 2. The van der Waals surface area contributed by atoms with Crippen LogP contribution in [0.5, 0.6) is 0 Å². The van der Waals surface area contributed by atoms with Crippen molar-refractivity contribution in [2.45, 2.75) is 38.5 Å². The first-order valence-corrected chi connectivity index (χ1v) is 12.8. The third kappa shape index (κ3) is 5.62. The highest BCUT2D eigenvalue weighted by Gasteiger charge is 2.41. The fourth-order valence-electron chi connectivity index (χ4n) is 4.19. The van der Waals surface area contributed by atoms with Crippen LogP contribution in [-0.4, -0.2) is 51.8 Å². The molecule has 1 aliphatic heterocycles. The van der Waals surface area contributed by atoms with E-state index in [0.717, 1.165) is 18.3 Å². The lowest BCUT2D eigenvalue weighted by molar-refractivity contribution is -0.170. The van der Waals surface area contributed by atoms with E-state index in [-0.39, 0.29) is 17.7 Å². The summed E-state index contributed by atoms with van der Waals surface area (Å²) in [7, 11) is 1.05. The number of halogens is 3. The Morgan fingerprint density at radius 3 is 2.77 bits per heavy atom. The van der Waals surface area contributed by atoms with Crippen molar-refractivity contribution in [2.24, 2.45) is 4.99 Å². The first kappa shape index (κ1) is 26.4. The molecular weight excluding hydrogens is 533 g/mol. The molecule has 39 heavy (non-hydrogen) atoms. The number of aliphatic imine (C=N–C) groups is 1. The molecule has 0 saturated carbocycles. The smallest absolute Gasteiger partial charge is 0.440 e. The molecule has 0 bridgehead atoms. The van der Waals surface area contributed by atoms with Gasteiger partial charge in [0.25, 0.3) is 5.91 Å². The second kappa shape index (κ2) is 10.5. The summed E-state index contributed by atoms with van der Waals surface area (Å²) in [5.41, 5.74) is 0.960. The SMILES string of the molecule is Cc1ncc(-c2ccc(C(=O)Nc3nc4cc(N(C)C(=O)C(F)(F)F)ccc4n3CCC3CC=CC=N3)s2)o1. The maximum Gasteiger partial charge on any atom is 0.471 e. The molecule has 202 valence electrons. The van der Waals surface area contributed by atoms with Gasteiger partial charge in [-0.2, -0.15) is 13.2 Å². The highest BCUT2D eigenvalue weighted by Crippen LogP contribution is 2.31. The number of benzene rings is 1. The summed E-state index contributed by atoms with van der Waals surface area (Å²) >= 11 is 1.23. The zero-order valence-electron chi connectivity index (χ0n) is 20.9. The standard InChI is InChI=1S/C26H23F3N6O3S/c1-15-31-14-20(38-15)21-8-9-22(39-21)23(36)33-25-32-18-13-17(34(2)24(37)26(27,28)29)6-7-19(18)35(25)12-10-16-5-3-4-11-30-16/h3-4,6-9,11,13-14,16H,5,10,12H2,1-2H3,(H,32,33,36). The Labute approximate surface area is 224 Å². The second-order valence-corrected chi connectivity index (χ2v) is 9.97. The van der Waals surface area contributed by atoms with Crippen molar-refractivity contribution in [2.75, 3.05) is 17.3 Å². The van der Waals surface area contributed by atoms with Gasteiger partial charge in [0.15, 0.2) is 11.7 Å². The monoisotopic (exact) mass is 556 g/mol. The van der Waals surface area contributed by atoms with Crippen molar-refractivity contribution in [3.8, 4) is 10.6 Å². The molecule has 1 N–H and O–H groups in total. The van der Waals surface area contributed by atoms with Gasteiger partial charge in [-0.1, -0.05) is 6.08 Å². The van der Waals surface area contributed by atoms with Crippen LogP contribution >= 0.6 is 11.3 Å². The van der Waals surface area contributed by atoms with Gasteiger partial charge in [0.2, 0.25) is 5.95 Å². The van der Waals surface area contributed by atoms with E-state index < -0.39 is 18.0 Å². The molecule has 5 rings (SSSR count). The van der Waals surface area contributed by atoms with Gasteiger partial charge in [-0.05, 0) is 49.2 Å². The van der Waals surface area contributed by atoms with Crippen molar-refractivity contribution >= 4 is 52.0 Å². The van der Waals surface area contributed by atoms with Crippen LogP contribution in [0, 0.1) is 6.92 Å². The first-order chi connectivity index (χ1) is 18.6. The number of nitrogens with one attached hydrogen (secondary N) is 1. The Morgan fingerprint density at radius 1 is 1.26 bits per heavy atom. The summed E-state index contributed by atoms with van der Waals surface area (Å²) in [6.45, 7) is 2.18. The molecule has 1 atom stereocenters. The quantitative estimate of drug-likeness (QED) is 0.318. The van der Waals surface area contributed by atoms with Crippen molar-refractivity contribution in [3.63, 3.8) is 0 Å². The molecule has 2 amide bonds. The molecule has 4 aromatic rings. The van der Waals surface area contributed by atoms with E-state index in [0.29, 0.717) is 45.4 Å². The Kier molecular flexibility index (Phi) is 7.08. The zero-order valence-corrected chi connectivity index (χ0v) is 21.7. The normalized spacial score (nSPS) is 15.2. The molecule has 1 aliphatic rings. The minimum Gasteiger partial charge on any atom is -0.440 e. The zero-order chi connectivity index (χ0) is 27.7. The van der Waals surface area contributed by atoms with Crippen LogP contribution in [0.3, 0.4) is 0 Å². The number of alkyl halides is 3. The van der Waals surface area contributed by atoms with Gasteiger partial charge in [-0.15, -0.1) is 11.3 Å². The number of nitrogens with zero attached hydrogens (tertiary/aromatic N) is 5. The van der Waals surface area contributed by atoms with E-state index in [1.165, 1.54) is 23.5 Å². The lowest BCUT2D eigenvalue weighted by Crippen LogP contribution is -2.38. The fraction of sp³-hybridized carbons (Fsp3) is 0.269. The molecule has 0 spiro atoms. The Morgan fingerprint density at radius 2 is 2.08 bits per heavy atom. The van der Waals surface area contributed by atoms with Crippen LogP contribution in [0.4, 0.5) is 24.8 Å². The Hall–Kier alpha value is -4.26. The molecule has 9 nitrogen and oxygen atoms in total. The van der Waals surface area contributed by atoms with Gasteiger partial charge in [-0.25, -0.2) is 9.97 Å². The summed E-state index contributed by atoms with van der Waals surface area (Å²) < 4.78 is 46.3. The fourth-order valence-corrected chi connectivity index (χ4v) is 5.03. The number of allylic oxidation sites excluding steroid dienone is 1. The third-order valence-electron chi connectivity index (χ3n) is 6.20. The number of thiophene rings is 1. The van der Waals surface area contributed by atoms with Crippen molar-refractivity contribution in [1.29, 1.82) is 0 Å². The van der Waals surface area contributed by atoms with Gasteiger partial charge >= 0.3 is 12.1 Å². The summed E-state index contributed by atoms with van der Waals surface area (Å²) in [5.74, 6) is -1.10. The van der Waals surface area contributed by atoms with Gasteiger partial charge in [0, 0.05) is 32.4 Å². The molecule has 4 heterocycles. The maximum absolute atomic E-state index is 13.2. The molecule has 1 unspecified atom stereocenters. The number of hydrogen-bond donors (Lipinski definition) is 1. The third-order valence-corrected chi connectivity index (χ3v) is 7.30. The molecule has 13 heteroatoms. The van der Waals surface area contributed by atoms with Crippen LogP contribution in [0.2, 0.25) is 0 Å². The van der Waals surface area contributed by atoms with E-state index in [1.807, 2.05) is 12.2 Å². The van der Waals surface area contributed by atoms with Crippen molar-refractivity contribution < 1.29 is 27.2 Å². The van der Waals surface area contributed by atoms with E-state index in [2.05, 4.69) is 20.3 Å². The minimum atomic E-state index is -5.01. The van der Waals surface area contributed by atoms with Crippen LogP contribution < -0.4 is 10.2 Å². The molecule has 1 aromatic carbocycles. The van der Waals surface area contributed by atoms with Gasteiger partial charge in [0.1, 0.15) is 0 Å². The Balaban J connectivity index is 1.44. The van der Waals surface area contributed by atoms with E-state index in [9.17, 15) is 22.8 Å². The van der Waals surface area contributed by atoms with E-state index in [1.54, 1.807) is 42.1 Å². The van der Waals surface area contributed by atoms with E-state index in [4.69, 9.17) is 4.42 Å². The Bertz CT molecular complexity index is 1600. The number of carbonyl (C=O) groups excluding carboxylic acids is 2. The lowest BCUT2D eigenvalue weighted by Gasteiger charge is -2.19. The number of amides is 2. The van der Waals surface area contributed by atoms with Crippen LogP contribution in [0.1, 0.15) is 28.4 Å². The highest BCUT2D eigenvalue weighted by atomic mass is 32.1. The molecule has 0 aliphatic carbocycles. The van der Waals surface area contributed by atoms with Crippen molar-refractivity contribution in [1.82, 2.24) is 14.5 Å². The number of oxazole rings is 1. The first-order valence-electron chi connectivity index (χ1n) is 12.0. The molecule has 0 fully saturated rings. The van der Waals surface area contributed by atoms with Gasteiger partial charge in [0.05, 0.1) is 33.0 Å². The number of aryl methyl sites for hydroxylation is 2. The second-order valence-electron chi connectivity index (χ2n) is 8.89. The number of rotatable bonds is 7. The van der Waals surface area contributed by atoms with Gasteiger partial charge < -0.3 is 13.9 Å². The molecule has 0 saturated heterocycles. The lowest BCUT2D eigenvalue weighted by atomic mass is 10.1. The highest BCUT2D eigenvalue weighted by molar-refractivity contribution is 7.17. The predicted octanol–water partition coefficient (Wildman–Crippen LogP) is 5.63. The van der Waals surface area contributed by atoms with Crippen LogP contribution in [-0.2, 0) is 11.3 Å². The van der Waals surface area contributed by atoms with E-state index >= 15 is 0 Å². The molecule has 0 radical (unpaired) electrons. The maximum atomic E-state index is 13.2. The summed E-state index contributed by atoms with van der Waals surface area (Å²) in [4.78, 5) is 39.6. The number of hydrogen-bond acceptors (Lipinski definition) is 7. The van der Waals surface area contributed by atoms with Gasteiger partial charge in [-0.3, -0.25) is 19.9 Å². The topological polar surface area (TPSA) is 106 Å². The summed E-state index contributed by atoms with van der Waals surface area (Å²) in [6, 6.07) is 7.88. The number of fused-ring (bicyclic) bond motifs is 1. The van der Waals surface area contributed by atoms with Crippen LogP contribution in [0.25, 0.3) is 21.7 Å². The predicted molar refractivity (Wildman–Crippen MR) is 142 cm³/mol.